The summed E-state index contributed by atoms with van der Waals surface area (Å²) in [6, 6.07) is 10.2. The zero-order valence-electron chi connectivity index (χ0n) is 16.8. The third-order valence-electron chi connectivity index (χ3n) is 5.16. The second kappa shape index (κ2) is 7.98. The third kappa shape index (κ3) is 4.17. The van der Waals surface area contributed by atoms with Gasteiger partial charge in [0.2, 0.25) is 0 Å². The van der Waals surface area contributed by atoms with Crippen molar-refractivity contribution in [3.63, 3.8) is 0 Å². The van der Waals surface area contributed by atoms with Crippen molar-refractivity contribution in [1.29, 1.82) is 0 Å². The number of amides is 1. The highest BCUT2D eigenvalue weighted by molar-refractivity contribution is 7.90. The molecule has 0 aliphatic carbocycles. The van der Waals surface area contributed by atoms with Crippen molar-refractivity contribution in [1.82, 2.24) is 14.6 Å². The van der Waals surface area contributed by atoms with Crippen LogP contribution in [0, 0.1) is 11.6 Å². The van der Waals surface area contributed by atoms with Gasteiger partial charge in [-0.25, -0.2) is 18.6 Å². The van der Waals surface area contributed by atoms with Gasteiger partial charge < -0.3 is 9.47 Å². The Hall–Kier alpha value is -3.77. The minimum absolute atomic E-state index is 0.0818. The number of hydrogen-bond acceptors (Lipinski definition) is 6. The van der Waals surface area contributed by atoms with E-state index in [0.29, 0.717) is 5.56 Å². The smallest absolute Gasteiger partial charge is 0.415 e. The Morgan fingerprint density at radius 2 is 2.03 bits per heavy atom. The molecule has 33 heavy (non-hydrogen) atoms. The van der Waals surface area contributed by atoms with Gasteiger partial charge in [-0.2, -0.15) is 13.1 Å². The van der Waals surface area contributed by atoms with E-state index in [1.807, 2.05) is 0 Å². The molecule has 2 aliphatic heterocycles. The number of benzene rings is 2. The number of carbonyl (C=O) groups excluding carboxylic acids is 1. The Balaban J connectivity index is 1.34. The number of hydrogen-bond donors (Lipinski definition) is 2. The summed E-state index contributed by atoms with van der Waals surface area (Å²) in [5.74, 6) is -0.964. The number of anilines is 1. The van der Waals surface area contributed by atoms with Gasteiger partial charge in [-0.3, -0.25) is 9.62 Å². The van der Waals surface area contributed by atoms with Crippen molar-refractivity contribution in [2.45, 2.75) is 19.6 Å². The van der Waals surface area contributed by atoms with E-state index in [1.54, 1.807) is 12.1 Å². The number of aromatic nitrogens is 1. The lowest BCUT2D eigenvalue weighted by Crippen LogP contribution is -2.37. The number of rotatable bonds is 4. The van der Waals surface area contributed by atoms with Crippen molar-refractivity contribution in [3.8, 4) is 17.4 Å². The molecule has 5 rings (SSSR count). The molecule has 2 aliphatic rings. The second-order valence-electron chi connectivity index (χ2n) is 7.38. The Kier molecular flexibility index (Phi) is 5.10. The average Bonchev–Trinajstić information content (AvgIpc) is 2.77. The topological polar surface area (TPSA) is 110 Å². The lowest BCUT2D eigenvalue weighted by molar-refractivity contribution is 0.134. The first kappa shape index (κ1) is 21.1. The van der Waals surface area contributed by atoms with Crippen LogP contribution in [0.4, 0.5) is 19.3 Å². The average molecular weight is 474 g/mol. The van der Waals surface area contributed by atoms with Gasteiger partial charge in [-0.05, 0) is 30.3 Å². The number of carbonyl (C=O) groups is 1. The summed E-state index contributed by atoms with van der Waals surface area (Å²) >= 11 is 0. The van der Waals surface area contributed by atoms with Crippen molar-refractivity contribution < 1.29 is 31.5 Å². The van der Waals surface area contributed by atoms with Gasteiger partial charge in [0.1, 0.15) is 17.3 Å². The van der Waals surface area contributed by atoms with Crippen LogP contribution in [-0.4, -0.2) is 24.4 Å². The summed E-state index contributed by atoms with van der Waals surface area (Å²) in [5, 5.41) is 0. The predicted molar refractivity (Wildman–Crippen MR) is 112 cm³/mol. The number of pyridine rings is 1. The number of nitrogens with one attached hydrogen (secondary N) is 2. The molecule has 9 nitrogen and oxygen atoms in total. The van der Waals surface area contributed by atoms with Crippen LogP contribution in [-0.2, 0) is 29.8 Å². The fourth-order valence-electron chi connectivity index (χ4n) is 3.55. The van der Waals surface area contributed by atoms with E-state index in [4.69, 9.17) is 9.47 Å². The maximum absolute atomic E-state index is 15.0. The maximum atomic E-state index is 15.0. The van der Waals surface area contributed by atoms with E-state index in [9.17, 15) is 22.0 Å². The summed E-state index contributed by atoms with van der Waals surface area (Å²) in [7, 11) is -3.71. The van der Waals surface area contributed by atoms with Crippen LogP contribution in [0.2, 0.25) is 0 Å². The largest absolute Gasteiger partial charge is 0.436 e. The van der Waals surface area contributed by atoms with E-state index in [-0.39, 0.29) is 53.8 Å². The molecule has 0 spiro atoms. The van der Waals surface area contributed by atoms with Gasteiger partial charge in [-0.15, -0.1) is 0 Å². The molecule has 170 valence electrons. The molecule has 0 unspecified atom stereocenters. The summed E-state index contributed by atoms with van der Waals surface area (Å²) in [4.78, 5) is 17.7. The zero-order valence-corrected chi connectivity index (χ0v) is 17.7. The number of halogens is 2. The Morgan fingerprint density at radius 3 is 2.85 bits per heavy atom. The highest BCUT2D eigenvalue weighted by atomic mass is 32.2. The molecule has 0 atom stereocenters. The van der Waals surface area contributed by atoms with Crippen LogP contribution in [0.1, 0.15) is 16.7 Å². The van der Waals surface area contributed by atoms with Crippen LogP contribution >= 0.6 is 0 Å². The lowest BCUT2D eigenvalue weighted by Gasteiger charge is -2.29. The Labute approximate surface area is 187 Å². The van der Waals surface area contributed by atoms with Crippen LogP contribution in [0.5, 0.6) is 17.4 Å². The SMILES string of the molecule is O=C1Oc2cc(Oc3ncccc3F)ccc2CN1Cc1ccc2c(c1F)CNS(=O)(=O)N2. The maximum Gasteiger partial charge on any atom is 0.415 e. The Bertz CT molecular complexity index is 1380. The molecular formula is C21H16F2N4O5S. The normalized spacial score (nSPS) is 16.3. The predicted octanol–water partition coefficient (Wildman–Crippen LogP) is 3.43. The quantitative estimate of drug-likeness (QED) is 0.600. The summed E-state index contributed by atoms with van der Waals surface area (Å²) in [6.45, 7) is -0.132. The molecule has 0 saturated heterocycles. The molecule has 12 heteroatoms. The van der Waals surface area contributed by atoms with E-state index in [0.717, 1.165) is 0 Å². The molecule has 1 aromatic heterocycles. The van der Waals surface area contributed by atoms with Crippen LogP contribution in [0.3, 0.4) is 0 Å². The molecule has 3 heterocycles. The highest BCUT2D eigenvalue weighted by Crippen LogP contribution is 2.34. The summed E-state index contributed by atoms with van der Waals surface area (Å²) in [5.41, 5.74) is 1.17. The van der Waals surface area contributed by atoms with E-state index >= 15 is 0 Å². The van der Waals surface area contributed by atoms with Gasteiger partial charge in [0.25, 0.3) is 16.1 Å². The van der Waals surface area contributed by atoms with Gasteiger partial charge in [0.15, 0.2) is 5.82 Å². The summed E-state index contributed by atoms with van der Waals surface area (Å²) < 4.78 is 67.1. The fraction of sp³-hybridized carbons (Fsp3) is 0.143. The van der Waals surface area contributed by atoms with Crippen molar-refractivity contribution in [2.24, 2.45) is 0 Å². The van der Waals surface area contributed by atoms with E-state index < -0.39 is 27.9 Å². The lowest BCUT2D eigenvalue weighted by atomic mass is 10.1. The second-order valence-corrected chi connectivity index (χ2v) is 8.88. The van der Waals surface area contributed by atoms with Crippen molar-refractivity contribution in [2.75, 3.05) is 4.72 Å². The van der Waals surface area contributed by atoms with Crippen LogP contribution in [0.15, 0.2) is 48.7 Å². The minimum atomic E-state index is -3.71. The molecule has 0 saturated carbocycles. The van der Waals surface area contributed by atoms with Crippen molar-refractivity contribution in [3.05, 3.63) is 77.0 Å². The molecule has 3 aromatic rings. The molecule has 1 amide bonds. The summed E-state index contributed by atoms with van der Waals surface area (Å²) in [6.07, 6.45) is 0.694. The number of ether oxygens (including phenoxy) is 2. The van der Waals surface area contributed by atoms with Crippen LogP contribution in [0.25, 0.3) is 0 Å². The van der Waals surface area contributed by atoms with Crippen molar-refractivity contribution >= 4 is 22.0 Å². The molecule has 0 fully saturated rings. The van der Waals surface area contributed by atoms with Gasteiger partial charge >= 0.3 is 6.09 Å². The molecule has 0 radical (unpaired) electrons. The Morgan fingerprint density at radius 1 is 1.18 bits per heavy atom. The first-order valence-electron chi connectivity index (χ1n) is 9.75. The molecule has 2 aromatic carbocycles. The molecular weight excluding hydrogens is 458 g/mol. The molecule has 0 bridgehead atoms. The van der Waals surface area contributed by atoms with Gasteiger partial charge in [-0.1, -0.05) is 6.07 Å². The number of nitrogens with zero attached hydrogens (tertiary/aromatic N) is 2. The molecule has 2 N–H and O–H groups in total. The fourth-order valence-corrected chi connectivity index (χ4v) is 4.43. The first-order valence-corrected chi connectivity index (χ1v) is 11.2. The highest BCUT2D eigenvalue weighted by Gasteiger charge is 2.29. The minimum Gasteiger partial charge on any atom is -0.436 e. The third-order valence-corrected chi connectivity index (χ3v) is 6.18. The van der Waals surface area contributed by atoms with E-state index in [2.05, 4.69) is 14.4 Å². The van der Waals surface area contributed by atoms with Gasteiger partial charge in [0.05, 0.1) is 18.8 Å². The first-order chi connectivity index (χ1) is 15.8. The zero-order chi connectivity index (χ0) is 23.2. The standard InChI is InChI=1S/C21H16F2N4O5S/c22-16-2-1-7-24-20(16)31-14-5-3-12-10-27(21(28)32-18(12)8-14)11-13-4-6-17-15(19(13)23)9-25-33(29,30)26-17/h1-8,25-26H,9-11H2. The van der Waals surface area contributed by atoms with Gasteiger partial charge in [0, 0.05) is 35.5 Å². The number of fused-ring (bicyclic) bond motifs is 2. The van der Waals surface area contributed by atoms with Crippen LogP contribution < -0.4 is 18.9 Å². The van der Waals surface area contributed by atoms with E-state index in [1.165, 1.54) is 41.4 Å². The monoisotopic (exact) mass is 474 g/mol.